The van der Waals surface area contributed by atoms with Crippen molar-refractivity contribution in [2.75, 3.05) is 5.32 Å². The van der Waals surface area contributed by atoms with E-state index in [2.05, 4.69) is 20.3 Å². The van der Waals surface area contributed by atoms with Crippen LogP contribution in [0.1, 0.15) is 5.69 Å². The molecule has 0 aliphatic rings. The number of nitro groups is 1. The van der Waals surface area contributed by atoms with Crippen molar-refractivity contribution in [3.63, 3.8) is 0 Å². The fraction of sp³-hybridized carbons (Fsp3) is 0.0714. The van der Waals surface area contributed by atoms with Crippen molar-refractivity contribution < 1.29 is 4.92 Å². The molecular formula is C14H11N5O3. The van der Waals surface area contributed by atoms with E-state index >= 15 is 0 Å². The number of aromatic nitrogens is 3. The Bertz CT molecular complexity index is 935. The first-order valence-corrected chi connectivity index (χ1v) is 6.42. The second-order valence-electron chi connectivity index (χ2n) is 4.64. The number of aromatic amines is 1. The fourth-order valence-electron chi connectivity index (χ4n) is 2.15. The van der Waals surface area contributed by atoms with Crippen molar-refractivity contribution in [1.82, 2.24) is 15.0 Å². The molecule has 22 heavy (non-hydrogen) atoms. The van der Waals surface area contributed by atoms with Crippen LogP contribution in [-0.2, 0) is 0 Å². The predicted octanol–water partition coefficient (Wildman–Crippen LogP) is 2.28. The average Bonchev–Trinajstić information content (AvgIpc) is 2.46. The number of hydrogen-bond acceptors (Lipinski definition) is 6. The summed E-state index contributed by atoms with van der Waals surface area (Å²) in [7, 11) is 0. The van der Waals surface area contributed by atoms with Crippen LogP contribution in [-0.4, -0.2) is 19.9 Å². The molecule has 0 amide bonds. The second-order valence-corrected chi connectivity index (χ2v) is 4.64. The molecule has 3 rings (SSSR count). The van der Waals surface area contributed by atoms with E-state index in [9.17, 15) is 14.9 Å². The number of nitrogens with zero attached hydrogens (tertiary/aromatic N) is 3. The molecule has 1 aromatic carbocycles. The van der Waals surface area contributed by atoms with Crippen molar-refractivity contribution in [3.05, 3.63) is 62.8 Å². The lowest BCUT2D eigenvalue weighted by Gasteiger charge is -2.09. The van der Waals surface area contributed by atoms with E-state index in [0.717, 1.165) is 22.9 Å². The lowest BCUT2D eigenvalue weighted by Crippen LogP contribution is -2.14. The summed E-state index contributed by atoms with van der Waals surface area (Å²) >= 11 is 0. The van der Waals surface area contributed by atoms with E-state index in [-0.39, 0.29) is 5.82 Å². The average molecular weight is 297 g/mol. The van der Waals surface area contributed by atoms with Gasteiger partial charge in [0.2, 0.25) is 5.82 Å². The van der Waals surface area contributed by atoms with E-state index in [1.165, 1.54) is 0 Å². The summed E-state index contributed by atoms with van der Waals surface area (Å²) in [5, 5.41) is 14.7. The van der Waals surface area contributed by atoms with Gasteiger partial charge < -0.3 is 10.3 Å². The molecule has 0 saturated heterocycles. The van der Waals surface area contributed by atoms with Gasteiger partial charge in [0.15, 0.2) is 0 Å². The number of anilines is 2. The highest BCUT2D eigenvalue weighted by atomic mass is 16.6. The molecule has 0 atom stereocenters. The molecule has 8 nitrogen and oxygen atoms in total. The fourth-order valence-corrected chi connectivity index (χ4v) is 2.15. The van der Waals surface area contributed by atoms with Gasteiger partial charge in [0, 0.05) is 16.8 Å². The molecule has 0 saturated carbocycles. The number of pyridine rings is 1. The lowest BCUT2D eigenvalue weighted by atomic mass is 10.1. The number of nitrogens with one attached hydrogen (secondary N) is 2. The van der Waals surface area contributed by atoms with Gasteiger partial charge >= 0.3 is 11.2 Å². The minimum absolute atomic E-state index is 0.109. The molecule has 0 unspecified atom stereocenters. The minimum Gasteiger partial charge on any atom is -0.334 e. The van der Waals surface area contributed by atoms with E-state index in [1.54, 1.807) is 12.1 Å². The van der Waals surface area contributed by atoms with Gasteiger partial charge in [0.1, 0.15) is 0 Å². The smallest absolute Gasteiger partial charge is 0.334 e. The molecule has 110 valence electrons. The number of H-pyrrole nitrogens is 1. The highest BCUT2D eigenvalue weighted by Crippen LogP contribution is 2.27. The Morgan fingerprint density at radius 3 is 2.86 bits per heavy atom. The first kappa shape index (κ1) is 13.7. The number of aryl methyl sites for hydroxylation is 1. The Morgan fingerprint density at radius 1 is 1.27 bits per heavy atom. The molecular weight excluding hydrogens is 286 g/mol. The number of fused-ring (bicyclic) bond motifs is 1. The third-order valence-corrected chi connectivity index (χ3v) is 3.14. The van der Waals surface area contributed by atoms with Crippen molar-refractivity contribution in [2.24, 2.45) is 0 Å². The normalized spacial score (nSPS) is 10.6. The molecule has 3 aromatic rings. The van der Waals surface area contributed by atoms with Gasteiger partial charge in [-0.25, -0.2) is 4.98 Å². The Kier molecular flexibility index (Phi) is 3.26. The van der Waals surface area contributed by atoms with Gasteiger partial charge in [0.05, 0.1) is 16.8 Å². The number of rotatable bonds is 3. The van der Waals surface area contributed by atoms with Crippen LogP contribution in [0.2, 0.25) is 0 Å². The molecule has 0 aliphatic carbocycles. The van der Waals surface area contributed by atoms with Gasteiger partial charge in [-0.05, 0) is 31.2 Å². The Labute approximate surface area is 124 Å². The van der Waals surface area contributed by atoms with Gasteiger partial charge in [-0.3, -0.25) is 19.9 Å². The molecule has 0 bridgehead atoms. The highest BCUT2D eigenvalue weighted by molar-refractivity contribution is 5.93. The number of benzene rings is 1. The first-order valence-electron chi connectivity index (χ1n) is 6.42. The zero-order chi connectivity index (χ0) is 15.7. The van der Waals surface area contributed by atoms with Crippen molar-refractivity contribution in [3.8, 4) is 0 Å². The Morgan fingerprint density at radius 2 is 2.09 bits per heavy atom. The summed E-state index contributed by atoms with van der Waals surface area (Å²) in [4.78, 5) is 32.3. The Balaban J connectivity index is 2.14. The Hall–Kier alpha value is -3.29. The minimum atomic E-state index is -0.809. The molecule has 2 N–H and O–H groups in total. The third kappa shape index (κ3) is 2.37. The van der Waals surface area contributed by atoms with Crippen LogP contribution in [0.25, 0.3) is 10.9 Å². The maximum absolute atomic E-state index is 11.6. The summed E-state index contributed by atoms with van der Waals surface area (Å²) < 4.78 is 0. The highest BCUT2D eigenvalue weighted by Gasteiger charge is 2.21. The van der Waals surface area contributed by atoms with E-state index in [1.807, 2.05) is 25.1 Å². The summed E-state index contributed by atoms with van der Waals surface area (Å²) in [6, 6.07) is 9.06. The van der Waals surface area contributed by atoms with Crippen LogP contribution >= 0.6 is 0 Å². The van der Waals surface area contributed by atoms with Crippen LogP contribution < -0.4 is 10.9 Å². The zero-order valence-electron chi connectivity index (χ0n) is 11.5. The van der Waals surface area contributed by atoms with Crippen LogP contribution in [0.4, 0.5) is 17.2 Å². The van der Waals surface area contributed by atoms with Gasteiger partial charge in [0.25, 0.3) is 0 Å². The van der Waals surface area contributed by atoms with Gasteiger partial charge in [-0.2, -0.15) is 0 Å². The molecule has 2 aromatic heterocycles. The zero-order valence-corrected chi connectivity index (χ0v) is 11.5. The standard InChI is InChI=1S/C14H11N5O3/c1-8-5-6-9-10(17-8)3-2-4-11(9)18-13-12(19(21)22)14(20)16-7-15-13/h2-7H,1H3,(H2,15,16,18,20). The first-order chi connectivity index (χ1) is 10.6. The molecule has 0 radical (unpaired) electrons. The van der Waals surface area contributed by atoms with E-state index in [4.69, 9.17) is 0 Å². The molecule has 0 fully saturated rings. The van der Waals surface area contributed by atoms with E-state index in [0.29, 0.717) is 5.69 Å². The van der Waals surface area contributed by atoms with Gasteiger partial charge in [-0.1, -0.05) is 6.07 Å². The van der Waals surface area contributed by atoms with Crippen molar-refractivity contribution in [2.45, 2.75) is 6.92 Å². The second kappa shape index (κ2) is 5.24. The van der Waals surface area contributed by atoms with Crippen LogP contribution in [0.3, 0.4) is 0 Å². The molecule has 8 heteroatoms. The maximum atomic E-state index is 11.6. The van der Waals surface area contributed by atoms with Crippen LogP contribution in [0, 0.1) is 17.0 Å². The summed E-state index contributed by atoms with van der Waals surface area (Å²) in [6.07, 6.45) is 1.12. The van der Waals surface area contributed by atoms with Crippen LogP contribution in [0.5, 0.6) is 0 Å². The van der Waals surface area contributed by atoms with Crippen LogP contribution in [0.15, 0.2) is 41.5 Å². The molecule has 2 heterocycles. The lowest BCUT2D eigenvalue weighted by molar-refractivity contribution is -0.385. The summed E-state index contributed by atoms with van der Waals surface area (Å²) in [5.41, 5.74) is 0.768. The monoisotopic (exact) mass is 297 g/mol. The van der Waals surface area contributed by atoms with E-state index < -0.39 is 16.2 Å². The summed E-state index contributed by atoms with van der Waals surface area (Å²) in [5.74, 6) is -0.109. The van der Waals surface area contributed by atoms with Crippen molar-refractivity contribution in [1.29, 1.82) is 0 Å². The third-order valence-electron chi connectivity index (χ3n) is 3.14. The largest absolute Gasteiger partial charge is 0.376 e. The van der Waals surface area contributed by atoms with Crippen molar-refractivity contribution >= 4 is 28.1 Å². The predicted molar refractivity (Wildman–Crippen MR) is 81.3 cm³/mol. The molecule has 0 aliphatic heterocycles. The quantitative estimate of drug-likeness (QED) is 0.566. The van der Waals surface area contributed by atoms with Gasteiger partial charge in [-0.15, -0.1) is 0 Å². The SMILES string of the molecule is Cc1ccc2c(Nc3nc[nH]c(=O)c3[N+](=O)[O-])cccc2n1. The summed E-state index contributed by atoms with van der Waals surface area (Å²) in [6.45, 7) is 1.88. The molecule has 0 spiro atoms. The topological polar surface area (TPSA) is 114 Å². The number of hydrogen-bond donors (Lipinski definition) is 2. The maximum Gasteiger partial charge on any atom is 0.376 e.